The highest BCUT2D eigenvalue weighted by atomic mass is 16.3. The molecule has 1 aromatic heterocycles. The topological polar surface area (TPSA) is 67.2 Å². The third-order valence-electron chi connectivity index (χ3n) is 1.42. The molecule has 0 aliphatic rings. The van der Waals surface area contributed by atoms with E-state index in [2.05, 4.69) is 10.3 Å². The van der Waals surface area contributed by atoms with Crippen LogP contribution >= 0.6 is 0 Å². The van der Waals surface area contributed by atoms with Crippen LogP contribution in [0.15, 0.2) is 17.2 Å². The molecule has 0 saturated heterocycles. The Morgan fingerprint density at radius 1 is 1.75 bits per heavy atom. The number of aliphatic hydroxyl groups excluding tert-OH is 1. The molecular formula is C7H11N3O2. The lowest BCUT2D eigenvalue weighted by Gasteiger charge is -2.02. The van der Waals surface area contributed by atoms with Gasteiger partial charge in [-0.1, -0.05) is 0 Å². The third kappa shape index (κ3) is 1.82. The molecule has 5 nitrogen and oxygen atoms in total. The minimum Gasteiger partial charge on any atom is -0.395 e. The van der Waals surface area contributed by atoms with Gasteiger partial charge in [-0.05, 0) is 0 Å². The molecule has 0 aliphatic carbocycles. The van der Waals surface area contributed by atoms with Crippen LogP contribution in [-0.2, 0) is 7.05 Å². The quantitative estimate of drug-likeness (QED) is 0.620. The maximum absolute atomic E-state index is 11.2. The molecule has 12 heavy (non-hydrogen) atoms. The molecule has 0 bridgehead atoms. The van der Waals surface area contributed by atoms with Crippen LogP contribution in [0.4, 0.5) is 5.82 Å². The number of aromatic nitrogens is 2. The Morgan fingerprint density at radius 2 is 2.50 bits per heavy atom. The first-order valence-corrected chi connectivity index (χ1v) is 3.62. The van der Waals surface area contributed by atoms with Gasteiger partial charge in [0, 0.05) is 26.0 Å². The van der Waals surface area contributed by atoms with E-state index in [1.165, 1.54) is 10.8 Å². The lowest BCUT2D eigenvalue weighted by atomic mass is 10.6. The van der Waals surface area contributed by atoms with Crippen LogP contribution in [0.1, 0.15) is 0 Å². The average molecular weight is 169 g/mol. The monoisotopic (exact) mass is 169 g/mol. The van der Waals surface area contributed by atoms with E-state index in [0.29, 0.717) is 6.54 Å². The SMILES string of the molecule is Cn1ccnc(NCCO)c1=O. The molecule has 0 saturated carbocycles. The number of hydrogen-bond acceptors (Lipinski definition) is 4. The Hall–Kier alpha value is -1.36. The number of rotatable bonds is 3. The normalized spacial score (nSPS) is 9.83. The predicted octanol–water partition coefficient (Wildman–Crippen LogP) is -0.816. The van der Waals surface area contributed by atoms with Crippen LogP contribution in [0.2, 0.25) is 0 Å². The average Bonchev–Trinajstić information content (AvgIpc) is 2.08. The van der Waals surface area contributed by atoms with Crippen molar-refractivity contribution in [3.05, 3.63) is 22.7 Å². The van der Waals surface area contributed by atoms with E-state index in [-0.39, 0.29) is 18.0 Å². The smallest absolute Gasteiger partial charge is 0.293 e. The molecule has 0 spiro atoms. The highest BCUT2D eigenvalue weighted by molar-refractivity contribution is 5.30. The molecule has 0 aromatic carbocycles. The van der Waals surface area contributed by atoms with E-state index < -0.39 is 0 Å². The number of aliphatic hydroxyl groups is 1. The number of nitrogens with zero attached hydrogens (tertiary/aromatic N) is 2. The molecule has 66 valence electrons. The Morgan fingerprint density at radius 3 is 3.17 bits per heavy atom. The molecule has 0 amide bonds. The second-order valence-corrected chi connectivity index (χ2v) is 2.34. The van der Waals surface area contributed by atoms with Gasteiger partial charge >= 0.3 is 0 Å². The largest absolute Gasteiger partial charge is 0.395 e. The van der Waals surface area contributed by atoms with E-state index in [1.54, 1.807) is 13.2 Å². The molecule has 1 aromatic rings. The zero-order valence-electron chi connectivity index (χ0n) is 6.82. The first kappa shape index (κ1) is 8.73. The Balaban J connectivity index is 2.85. The highest BCUT2D eigenvalue weighted by Crippen LogP contribution is 1.89. The zero-order valence-corrected chi connectivity index (χ0v) is 6.82. The van der Waals surface area contributed by atoms with Crippen LogP contribution in [-0.4, -0.2) is 27.8 Å². The summed E-state index contributed by atoms with van der Waals surface area (Å²) in [6.45, 7) is 0.325. The predicted molar refractivity (Wildman–Crippen MR) is 45.1 cm³/mol. The van der Waals surface area contributed by atoms with Gasteiger partial charge in [-0.2, -0.15) is 0 Å². The van der Waals surface area contributed by atoms with Crippen molar-refractivity contribution in [2.75, 3.05) is 18.5 Å². The lowest BCUT2D eigenvalue weighted by molar-refractivity contribution is 0.311. The number of nitrogens with one attached hydrogen (secondary N) is 1. The number of aryl methyl sites for hydroxylation is 1. The van der Waals surface area contributed by atoms with Crippen LogP contribution in [0.25, 0.3) is 0 Å². The van der Waals surface area contributed by atoms with Crippen molar-refractivity contribution in [2.45, 2.75) is 0 Å². The van der Waals surface area contributed by atoms with Gasteiger partial charge in [-0.15, -0.1) is 0 Å². The van der Waals surface area contributed by atoms with Crippen LogP contribution in [0.5, 0.6) is 0 Å². The summed E-state index contributed by atoms with van der Waals surface area (Å²) in [7, 11) is 1.65. The van der Waals surface area contributed by atoms with Gasteiger partial charge in [0.25, 0.3) is 5.56 Å². The molecule has 5 heteroatoms. The van der Waals surface area contributed by atoms with E-state index >= 15 is 0 Å². The van der Waals surface area contributed by atoms with E-state index in [4.69, 9.17) is 5.11 Å². The lowest BCUT2D eigenvalue weighted by Crippen LogP contribution is -2.23. The first-order chi connectivity index (χ1) is 5.75. The number of anilines is 1. The van der Waals surface area contributed by atoms with Crippen molar-refractivity contribution in [3.8, 4) is 0 Å². The molecule has 0 fully saturated rings. The fourth-order valence-corrected chi connectivity index (χ4v) is 0.793. The van der Waals surface area contributed by atoms with Gasteiger partial charge in [0.2, 0.25) is 0 Å². The summed E-state index contributed by atoms with van der Waals surface area (Å²) in [6, 6.07) is 0. The standard InChI is InChI=1S/C7H11N3O2/c1-10-4-2-8-6(7(10)12)9-3-5-11/h2,4,11H,3,5H2,1H3,(H,8,9). The molecule has 2 N–H and O–H groups in total. The van der Waals surface area contributed by atoms with E-state index in [9.17, 15) is 4.79 Å². The van der Waals surface area contributed by atoms with Gasteiger partial charge in [-0.25, -0.2) is 4.98 Å². The maximum atomic E-state index is 11.2. The summed E-state index contributed by atoms with van der Waals surface area (Å²) >= 11 is 0. The van der Waals surface area contributed by atoms with Gasteiger partial charge in [-0.3, -0.25) is 4.79 Å². The summed E-state index contributed by atoms with van der Waals surface area (Å²) < 4.78 is 1.42. The Kier molecular flexibility index (Phi) is 2.82. The molecular weight excluding hydrogens is 158 g/mol. The minimum atomic E-state index is -0.189. The fraction of sp³-hybridized carbons (Fsp3) is 0.429. The molecule has 1 heterocycles. The summed E-state index contributed by atoms with van der Waals surface area (Å²) in [4.78, 5) is 15.1. The summed E-state index contributed by atoms with van der Waals surface area (Å²) in [5.74, 6) is 0.272. The highest BCUT2D eigenvalue weighted by Gasteiger charge is 1.99. The maximum Gasteiger partial charge on any atom is 0.293 e. The van der Waals surface area contributed by atoms with E-state index in [1.807, 2.05) is 0 Å². The van der Waals surface area contributed by atoms with Gasteiger partial charge < -0.3 is 15.0 Å². The fourth-order valence-electron chi connectivity index (χ4n) is 0.793. The second kappa shape index (κ2) is 3.87. The molecule has 0 aliphatic heterocycles. The first-order valence-electron chi connectivity index (χ1n) is 3.62. The van der Waals surface area contributed by atoms with Crippen LogP contribution in [0.3, 0.4) is 0 Å². The van der Waals surface area contributed by atoms with Crippen molar-refractivity contribution in [2.24, 2.45) is 7.05 Å². The van der Waals surface area contributed by atoms with Crippen molar-refractivity contribution in [1.29, 1.82) is 0 Å². The molecule has 0 unspecified atom stereocenters. The Labute approximate surface area is 69.7 Å². The van der Waals surface area contributed by atoms with Gasteiger partial charge in [0.1, 0.15) is 0 Å². The number of hydrogen-bond donors (Lipinski definition) is 2. The van der Waals surface area contributed by atoms with Crippen LogP contribution < -0.4 is 10.9 Å². The van der Waals surface area contributed by atoms with Gasteiger partial charge in [0.15, 0.2) is 5.82 Å². The van der Waals surface area contributed by atoms with Crippen molar-refractivity contribution in [3.63, 3.8) is 0 Å². The van der Waals surface area contributed by atoms with Crippen molar-refractivity contribution < 1.29 is 5.11 Å². The molecule has 0 radical (unpaired) electrons. The summed E-state index contributed by atoms with van der Waals surface area (Å²) in [5.41, 5.74) is -0.189. The summed E-state index contributed by atoms with van der Waals surface area (Å²) in [5, 5.41) is 11.2. The second-order valence-electron chi connectivity index (χ2n) is 2.34. The molecule has 0 atom stereocenters. The third-order valence-corrected chi connectivity index (χ3v) is 1.42. The summed E-state index contributed by atoms with van der Waals surface area (Å²) in [6.07, 6.45) is 3.10. The van der Waals surface area contributed by atoms with E-state index in [0.717, 1.165) is 0 Å². The molecule has 1 rings (SSSR count). The zero-order chi connectivity index (χ0) is 8.97. The minimum absolute atomic E-state index is 0.0142. The van der Waals surface area contributed by atoms with Crippen molar-refractivity contribution in [1.82, 2.24) is 9.55 Å². The van der Waals surface area contributed by atoms with Crippen molar-refractivity contribution >= 4 is 5.82 Å². The Bertz CT molecular complexity index is 308. The van der Waals surface area contributed by atoms with Gasteiger partial charge in [0.05, 0.1) is 6.61 Å². The van der Waals surface area contributed by atoms with Crippen LogP contribution in [0, 0.1) is 0 Å².